The maximum atomic E-state index is 13.0. The summed E-state index contributed by atoms with van der Waals surface area (Å²) in [5, 5.41) is 8.59. The van der Waals surface area contributed by atoms with Gasteiger partial charge in [-0.25, -0.2) is 14.2 Å². The lowest BCUT2D eigenvalue weighted by atomic mass is 10.1. The van der Waals surface area contributed by atoms with E-state index in [-0.39, 0.29) is 17.7 Å². The highest BCUT2D eigenvalue weighted by molar-refractivity contribution is 5.40. The van der Waals surface area contributed by atoms with Crippen molar-refractivity contribution in [3.05, 3.63) is 35.1 Å². The number of nitriles is 1. The summed E-state index contributed by atoms with van der Waals surface area (Å²) in [7, 11) is 0. The quantitative estimate of drug-likeness (QED) is 0.506. The fraction of sp³-hybridized carbons (Fsp3) is 0.111. The molecule has 0 aromatic heterocycles. The van der Waals surface area contributed by atoms with Crippen molar-refractivity contribution in [1.82, 2.24) is 0 Å². The number of aliphatic imine (C=N–C) groups is 1. The molecular formula is C9H5FN2O. The Morgan fingerprint density at radius 2 is 2.31 bits per heavy atom. The zero-order valence-electron chi connectivity index (χ0n) is 6.62. The fourth-order valence-corrected chi connectivity index (χ4v) is 0.935. The highest BCUT2D eigenvalue weighted by atomic mass is 19.1. The minimum atomic E-state index is -0.530. The number of nitrogens with zero attached hydrogens (tertiary/aromatic N) is 2. The molecule has 0 aliphatic rings. The fourth-order valence-electron chi connectivity index (χ4n) is 0.935. The third kappa shape index (κ3) is 1.98. The van der Waals surface area contributed by atoms with E-state index in [1.165, 1.54) is 24.3 Å². The van der Waals surface area contributed by atoms with Gasteiger partial charge in [0.25, 0.3) is 0 Å². The Balaban J connectivity index is 3.16. The summed E-state index contributed by atoms with van der Waals surface area (Å²) in [5.41, 5.74) is 0.326. The van der Waals surface area contributed by atoms with Crippen LogP contribution in [0.25, 0.3) is 0 Å². The molecule has 0 spiro atoms. The topological polar surface area (TPSA) is 53.2 Å². The molecule has 1 rings (SSSR count). The molecule has 0 unspecified atom stereocenters. The number of rotatable bonds is 2. The molecule has 3 nitrogen and oxygen atoms in total. The summed E-state index contributed by atoms with van der Waals surface area (Å²) in [6.07, 6.45) is 1.29. The van der Waals surface area contributed by atoms with Gasteiger partial charge in [-0.15, -0.1) is 0 Å². The van der Waals surface area contributed by atoms with Crippen LogP contribution in [0.1, 0.15) is 11.1 Å². The van der Waals surface area contributed by atoms with Crippen molar-refractivity contribution < 1.29 is 9.18 Å². The normalized spacial score (nSPS) is 8.62. The van der Waals surface area contributed by atoms with Crippen molar-refractivity contribution in [1.29, 1.82) is 5.26 Å². The first-order chi connectivity index (χ1) is 6.29. The predicted octanol–water partition coefficient (Wildman–Crippen LogP) is 1.53. The Labute approximate surface area is 74.1 Å². The van der Waals surface area contributed by atoms with Gasteiger partial charge in [0.2, 0.25) is 6.08 Å². The van der Waals surface area contributed by atoms with Gasteiger partial charge >= 0.3 is 0 Å². The first kappa shape index (κ1) is 9.11. The molecule has 0 saturated heterocycles. The van der Waals surface area contributed by atoms with E-state index in [0.29, 0.717) is 0 Å². The molecule has 0 amide bonds. The molecule has 0 fully saturated rings. The second-order valence-electron chi connectivity index (χ2n) is 2.29. The van der Waals surface area contributed by atoms with Gasteiger partial charge in [-0.1, -0.05) is 6.07 Å². The molecule has 64 valence electrons. The average Bonchev–Trinajstić information content (AvgIpc) is 2.15. The largest absolute Gasteiger partial charge is 0.235 e. The number of halogens is 1. The van der Waals surface area contributed by atoms with Crippen LogP contribution in [-0.4, -0.2) is 6.08 Å². The van der Waals surface area contributed by atoms with Gasteiger partial charge in [0.15, 0.2) is 0 Å². The van der Waals surface area contributed by atoms with Crippen LogP contribution in [0.2, 0.25) is 0 Å². The van der Waals surface area contributed by atoms with E-state index in [9.17, 15) is 9.18 Å². The van der Waals surface area contributed by atoms with E-state index in [0.717, 1.165) is 0 Å². The minimum Gasteiger partial charge on any atom is -0.211 e. The van der Waals surface area contributed by atoms with Crippen LogP contribution in [0.3, 0.4) is 0 Å². The molecule has 0 saturated carbocycles. The van der Waals surface area contributed by atoms with Crippen LogP contribution in [0.4, 0.5) is 4.39 Å². The molecule has 0 radical (unpaired) electrons. The van der Waals surface area contributed by atoms with Crippen molar-refractivity contribution in [3.8, 4) is 6.07 Å². The smallest absolute Gasteiger partial charge is 0.211 e. The number of isocyanates is 1. The first-order valence-electron chi connectivity index (χ1n) is 3.50. The maximum absolute atomic E-state index is 13.0. The van der Waals surface area contributed by atoms with Gasteiger partial charge in [0, 0.05) is 5.56 Å². The minimum absolute atomic E-state index is 0.133. The van der Waals surface area contributed by atoms with E-state index in [1.54, 1.807) is 0 Å². The van der Waals surface area contributed by atoms with Crippen molar-refractivity contribution in [2.24, 2.45) is 4.99 Å². The molecular weight excluding hydrogens is 171 g/mol. The molecule has 4 heteroatoms. The van der Waals surface area contributed by atoms with E-state index < -0.39 is 5.82 Å². The number of benzene rings is 1. The Hall–Kier alpha value is -1.98. The van der Waals surface area contributed by atoms with Crippen LogP contribution in [0.15, 0.2) is 23.2 Å². The maximum Gasteiger partial charge on any atom is 0.235 e. The predicted molar refractivity (Wildman–Crippen MR) is 42.9 cm³/mol. The molecule has 0 heterocycles. The van der Waals surface area contributed by atoms with Gasteiger partial charge in [0.1, 0.15) is 5.82 Å². The van der Waals surface area contributed by atoms with Crippen molar-refractivity contribution in [2.75, 3.05) is 0 Å². The standard InChI is InChI=1S/C9H5FN2O/c10-9-3-1-2-7(4-11)8(9)5-12-6-13/h1-3H,5H2. The van der Waals surface area contributed by atoms with Crippen LogP contribution < -0.4 is 0 Å². The molecule has 1 aromatic carbocycles. The van der Waals surface area contributed by atoms with Gasteiger partial charge in [-0.2, -0.15) is 5.26 Å². The summed E-state index contributed by atoms with van der Waals surface area (Å²) < 4.78 is 13.0. The molecule has 0 atom stereocenters. The lowest BCUT2D eigenvalue weighted by Gasteiger charge is -1.99. The Morgan fingerprint density at radius 1 is 1.54 bits per heavy atom. The number of hydrogen-bond donors (Lipinski definition) is 0. The first-order valence-corrected chi connectivity index (χ1v) is 3.50. The summed E-state index contributed by atoms with van der Waals surface area (Å²) in [6, 6.07) is 5.94. The third-order valence-electron chi connectivity index (χ3n) is 1.54. The lowest BCUT2D eigenvalue weighted by molar-refractivity contribution is 0.561. The van der Waals surface area contributed by atoms with Gasteiger partial charge in [-0.05, 0) is 12.1 Å². The molecule has 13 heavy (non-hydrogen) atoms. The Morgan fingerprint density at radius 3 is 2.92 bits per heavy atom. The monoisotopic (exact) mass is 176 g/mol. The second-order valence-corrected chi connectivity index (χ2v) is 2.29. The van der Waals surface area contributed by atoms with Crippen molar-refractivity contribution in [3.63, 3.8) is 0 Å². The molecule has 0 aliphatic carbocycles. The summed E-state index contributed by atoms with van der Waals surface area (Å²) >= 11 is 0. The van der Waals surface area contributed by atoms with Crippen molar-refractivity contribution in [2.45, 2.75) is 6.54 Å². The lowest BCUT2D eigenvalue weighted by Crippen LogP contribution is -1.92. The summed E-state index contributed by atoms with van der Waals surface area (Å²) in [4.78, 5) is 13.0. The summed E-state index contributed by atoms with van der Waals surface area (Å²) in [5.74, 6) is -0.530. The van der Waals surface area contributed by atoms with E-state index >= 15 is 0 Å². The van der Waals surface area contributed by atoms with E-state index in [2.05, 4.69) is 4.99 Å². The number of hydrogen-bond acceptors (Lipinski definition) is 3. The zero-order valence-corrected chi connectivity index (χ0v) is 6.62. The summed E-state index contributed by atoms with van der Waals surface area (Å²) in [6.45, 7) is -0.140. The molecule has 0 bridgehead atoms. The highest BCUT2D eigenvalue weighted by Crippen LogP contribution is 2.13. The zero-order chi connectivity index (χ0) is 9.68. The van der Waals surface area contributed by atoms with E-state index in [4.69, 9.17) is 5.26 Å². The Kier molecular flexibility index (Phi) is 2.91. The van der Waals surface area contributed by atoms with Crippen LogP contribution in [0.5, 0.6) is 0 Å². The van der Waals surface area contributed by atoms with Gasteiger partial charge in [-0.3, -0.25) is 0 Å². The molecule has 0 aliphatic heterocycles. The Bertz CT molecular complexity index is 403. The molecule has 0 N–H and O–H groups in total. The van der Waals surface area contributed by atoms with Crippen LogP contribution in [-0.2, 0) is 11.3 Å². The van der Waals surface area contributed by atoms with Crippen molar-refractivity contribution >= 4 is 6.08 Å². The molecule has 1 aromatic rings. The highest BCUT2D eigenvalue weighted by Gasteiger charge is 2.06. The average molecular weight is 176 g/mol. The SMILES string of the molecule is N#Cc1cccc(F)c1CN=C=O. The third-order valence-corrected chi connectivity index (χ3v) is 1.54. The second kappa shape index (κ2) is 4.15. The van der Waals surface area contributed by atoms with Crippen LogP contribution >= 0.6 is 0 Å². The number of carbonyl (C=O) groups excluding carboxylic acids is 1. The van der Waals surface area contributed by atoms with Gasteiger partial charge < -0.3 is 0 Å². The van der Waals surface area contributed by atoms with E-state index in [1.807, 2.05) is 6.07 Å². The van der Waals surface area contributed by atoms with Crippen LogP contribution in [0, 0.1) is 17.1 Å². The van der Waals surface area contributed by atoms with Gasteiger partial charge in [0.05, 0.1) is 18.2 Å².